The molecule has 0 heterocycles. The molecule has 0 rings (SSSR count). The molecule has 72 valence electrons. The molecule has 0 aromatic heterocycles. The molecule has 0 fully saturated rings. The molecule has 0 aliphatic rings. The van der Waals surface area contributed by atoms with E-state index in [2.05, 4.69) is 13.5 Å². The first-order chi connectivity index (χ1) is 5.76. The number of aliphatic hydroxyl groups is 2. The fourth-order valence-corrected chi connectivity index (χ4v) is 1.11. The van der Waals surface area contributed by atoms with Gasteiger partial charge in [-0.1, -0.05) is 13.0 Å². The lowest BCUT2D eigenvalue weighted by Crippen LogP contribution is -2.36. The smallest absolute Gasteiger partial charge is 0.109 e. The molecule has 2 N–H and O–H groups in total. The molecular weight excluding hydrogens is 154 g/mol. The second-order valence-electron chi connectivity index (χ2n) is 2.78. The van der Waals surface area contributed by atoms with Gasteiger partial charge in [-0.2, -0.15) is 0 Å². The maximum absolute atomic E-state index is 9.49. The normalized spacial score (nSPS) is 13.3. The van der Waals surface area contributed by atoms with Crippen molar-refractivity contribution < 1.29 is 10.2 Å². The SMILES string of the molecule is C=CCN(CCC)C(O)CCO. The van der Waals surface area contributed by atoms with E-state index < -0.39 is 6.23 Å². The Bertz CT molecular complexity index is 117. The third-order valence-corrected chi connectivity index (χ3v) is 1.68. The van der Waals surface area contributed by atoms with Crippen molar-refractivity contribution in [3.8, 4) is 0 Å². The summed E-state index contributed by atoms with van der Waals surface area (Å²) in [6.45, 7) is 7.21. The van der Waals surface area contributed by atoms with E-state index in [-0.39, 0.29) is 6.61 Å². The van der Waals surface area contributed by atoms with Gasteiger partial charge in [0.05, 0.1) is 0 Å². The minimum Gasteiger partial charge on any atom is -0.396 e. The van der Waals surface area contributed by atoms with Gasteiger partial charge in [0.15, 0.2) is 0 Å². The highest BCUT2D eigenvalue weighted by atomic mass is 16.3. The van der Waals surface area contributed by atoms with Crippen molar-refractivity contribution in [1.82, 2.24) is 4.90 Å². The van der Waals surface area contributed by atoms with E-state index in [4.69, 9.17) is 5.11 Å². The molecule has 0 saturated heterocycles. The summed E-state index contributed by atoms with van der Waals surface area (Å²) in [5, 5.41) is 18.1. The monoisotopic (exact) mass is 173 g/mol. The zero-order chi connectivity index (χ0) is 9.40. The topological polar surface area (TPSA) is 43.7 Å². The van der Waals surface area contributed by atoms with Gasteiger partial charge in [-0.05, 0) is 6.42 Å². The molecule has 0 aromatic carbocycles. The van der Waals surface area contributed by atoms with Gasteiger partial charge >= 0.3 is 0 Å². The number of nitrogens with zero attached hydrogens (tertiary/aromatic N) is 1. The van der Waals surface area contributed by atoms with Crippen LogP contribution < -0.4 is 0 Å². The fraction of sp³-hybridized carbons (Fsp3) is 0.778. The van der Waals surface area contributed by atoms with Crippen molar-refractivity contribution in [2.45, 2.75) is 26.0 Å². The molecule has 3 heteroatoms. The van der Waals surface area contributed by atoms with Gasteiger partial charge in [-0.25, -0.2) is 0 Å². The first kappa shape index (κ1) is 11.6. The predicted molar refractivity (Wildman–Crippen MR) is 49.8 cm³/mol. The van der Waals surface area contributed by atoms with Gasteiger partial charge in [0.25, 0.3) is 0 Å². The Kier molecular flexibility index (Phi) is 7.05. The van der Waals surface area contributed by atoms with Crippen molar-refractivity contribution in [3.05, 3.63) is 12.7 Å². The summed E-state index contributed by atoms with van der Waals surface area (Å²) in [6.07, 6.45) is 2.63. The number of hydrogen-bond acceptors (Lipinski definition) is 3. The average molecular weight is 173 g/mol. The van der Waals surface area contributed by atoms with Crippen LogP contribution in [0, 0.1) is 0 Å². The van der Waals surface area contributed by atoms with Gasteiger partial charge in [0.1, 0.15) is 6.23 Å². The molecule has 1 atom stereocenters. The minimum absolute atomic E-state index is 0.0263. The van der Waals surface area contributed by atoms with E-state index in [0.29, 0.717) is 13.0 Å². The molecule has 3 nitrogen and oxygen atoms in total. The molecule has 0 aromatic rings. The second kappa shape index (κ2) is 7.28. The van der Waals surface area contributed by atoms with Crippen LogP contribution >= 0.6 is 0 Å². The van der Waals surface area contributed by atoms with Gasteiger partial charge in [0, 0.05) is 26.1 Å². The van der Waals surface area contributed by atoms with Crippen LogP contribution in [-0.2, 0) is 0 Å². The lowest BCUT2D eigenvalue weighted by Gasteiger charge is -2.25. The van der Waals surface area contributed by atoms with Crippen LogP contribution in [0.2, 0.25) is 0 Å². The quantitative estimate of drug-likeness (QED) is 0.437. The van der Waals surface area contributed by atoms with Crippen LogP contribution in [0.4, 0.5) is 0 Å². The summed E-state index contributed by atoms with van der Waals surface area (Å²) >= 11 is 0. The Labute approximate surface area is 74.3 Å². The predicted octanol–water partition coefficient (Wildman–Crippen LogP) is 0.585. The highest BCUT2D eigenvalue weighted by molar-refractivity contribution is 4.74. The average Bonchev–Trinajstić information content (AvgIpc) is 2.04. The third-order valence-electron chi connectivity index (χ3n) is 1.68. The summed E-state index contributed by atoms with van der Waals surface area (Å²) in [6, 6.07) is 0. The molecule has 0 aliphatic carbocycles. The molecule has 0 aliphatic heterocycles. The van der Waals surface area contributed by atoms with E-state index in [9.17, 15) is 5.11 Å². The van der Waals surface area contributed by atoms with Crippen LogP contribution in [0.5, 0.6) is 0 Å². The van der Waals surface area contributed by atoms with Crippen molar-refractivity contribution in [2.75, 3.05) is 19.7 Å². The fourth-order valence-electron chi connectivity index (χ4n) is 1.11. The summed E-state index contributed by atoms with van der Waals surface area (Å²) in [5.74, 6) is 0. The molecule has 0 radical (unpaired) electrons. The van der Waals surface area contributed by atoms with E-state index in [0.717, 1.165) is 13.0 Å². The standard InChI is InChI=1S/C9H19NO2/c1-3-6-10(7-4-2)9(12)5-8-11/h3,9,11-12H,1,4-8H2,2H3. The van der Waals surface area contributed by atoms with Gasteiger partial charge < -0.3 is 10.2 Å². The lowest BCUT2D eigenvalue weighted by atomic mass is 10.3. The Morgan fingerprint density at radius 2 is 2.25 bits per heavy atom. The van der Waals surface area contributed by atoms with E-state index in [1.165, 1.54) is 0 Å². The van der Waals surface area contributed by atoms with Crippen LogP contribution in [-0.4, -0.2) is 41.0 Å². The van der Waals surface area contributed by atoms with Crippen LogP contribution in [0.15, 0.2) is 12.7 Å². The van der Waals surface area contributed by atoms with Gasteiger partial charge in [-0.3, -0.25) is 4.90 Å². The second-order valence-corrected chi connectivity index (χ2v) is 2.78. The summed E-state index contributed by atoms with van der Waals surface area (Å²) in [4.78, 5) is 1.89. The molecule has 0 bridgehead atoms. The molecular formula is C9H19NO2. The summed E-state index contributed by atoms with van der Waals surface area (Å²) < 4.78 is 0. The van der Waals surface area contributed by atoms with Crippen LogP contribution in [0.1, 0.15) is 19.8 Å². The van der Waals surface area contributed by atoms with Crippen LogP contribution in [0.25, 0.3) is 0 Å². The number of rotatable bonds is 7. The Morgan fingerprint density at radius 3 is 2.67 bits per heavy atom. The van der Waals surface area contributed by atoms with Crippen LogP contribution in [0.3, 0.4) is 0 Å². The molecule has 1 unspecified atom stereocenters. The molecule has 0 saturated carbocycles. The van der Waals surface area contributed by atoms with Crippen molar-refractivity contribution in [1.29, 1.82) is 0 Å². The summed E-state index contributed by atoms with van der Waals surface area (Å²) in [5.41, 5.74) is 0. The third kappa shape index (κ3) is 4.49. The summed E-state index contributed by atoms with van der Waals surface area (Å²) in [7, 11) is 0. The highest BCUT2D eigenvalue weighted by Gasteiger charge is 2.11. The van der Waals surface area contributed by atoms with E-state index in [1.54, 1.807) is 6.08 Å². The lowest BCUT2D eigenvalue weighted by molar-refractivity contribution is -0.00549. The molecule has 0 spiro atoms. The Balaban J connectivity index is 3.80. The molecule has 0 amide bonds. The number of aliphatic hydroxyl groups excluding tert-OH is 2. The highest BCUT2D eigenvalue weighted by Crippen LogP contribution is 2.01. The Morgan fingerprint density at radius 1 is 1.58 bits per heavy atom. The van der Waals surface area contributed by atoms with Gasteiger partial charge in [-0.15, -0.1) is 6.58 Å². The van der Waals surface area contributed by atoms with Crippen molar-refractivity contribution >= 4 is 0 Å². The van der Waals surface area contributed by atoms with E-state index in [1.807, 2.05) is 4.90 Å². The maximum atomic E-state index is 9.49. The van der Waals surface area contributed by atoms with Crippen molar-refractivity contribution in [3.63, 3.8) is 0 Å². The largest absolute Gasteiger partial charge is 0.396 e. The zero-order valence-corrected chi connectivity index (χ0v) is 7.74. The first-order valence-electron chi connectivity index (χ1n) is 4.40. The maximum Gasteiger partial charge on any atom is 0.109 e. The number of hydrogen-bond donors (Lipinski definition) is 2. The Hall–Kier alpha value is -0.380. The zero-order valence-electron chi connectivity index (χ0n) is 7.74. The van der Waals surface area contributed by atoms with Crippen molar-refractivity contribution in [2.24, 2.45) is 0 Å². The first-order valence-corrected chi connectivity index (χ1v) is 4.40. The minimum atomic E-state index is -0.534. The van der Waals surface area contributed by atoms with Gasteiger partial charge in [0.2, 0.25) is 0 Å². The molecule has 12 heavy (non-hydrogen) atoms. The van der Waals surface area contributed by atoms with E-state index >= 15 is 0 Å².